The van der Waals surface area contributed by atoms with Crippen LogP contribution in [0.3, 0.4) is 0 Å². The molecular weight excluding hydrogens is 290 g/mol. The van der Waals surface area contributed by atoms with E-state index in [0.29, 0.717) is 23.7 Å². The molecule has 1 atom stereocenters. The zero-order valence-corrected chi connectivity index (χ0v) is 13.5. The van der Waals surface area contributed by atoms with Gasteiger partial charge in [0.05, 0.1) is 23.6 Å². The van der Waals surface area contributed by atoms with E-state index in [9.17, 15) is 9.59 Å². The first-order valence-electron chi connectivity index (χ1n) is 7.22. The topological polar surface area (TPSA) is 46.6 Å². The summed E-state index contributed by atoms with van der Waals surface area (Å²) in [5.74, 6) is -0.447. The van der Waals surface area contributed by atoms with Crippen molar-refractivity contribution in [1.29, 1.82) is 0 Å². The second kappa shape index (κ2) is 8.67. The molecule has 0 N–H and O–H groups in total. The van der Waals surface area contributed by atoms with Crippen LogP contribution in [0.2, 0.25) is 5.02 Å². The second-order valence-electron chi connectivity index (χ2n) is 4.79. The van der Waals surface area contributed by atoms with Crippen molar-refractivity contribution in [3.63, 3.8) is 0 Å². The molecule has 0 bridgehead atoms. The Bertz CT molecular complexity index is 490. The second-order valence-corrected chi connectivity index (χ2v) is 5.20. The van der Waals surface area contributed by atoms with Gasteiger partial charge in [0.15, 0.2) is 0 Å². The molecule has 0 aliphatic heterocycles. The molecule has 0 spiro atoms. The summed E-state index contributed by atoms with van der Waals surface area (Å²) in [6.07, 6.45) is 0.993. The van der Waals surface area contributed by atoms with Gasteiger partial charge in [-0.05, 0) is 32.4 Å². The lowest BCUT2D eigenvalue weighted by molar-refractivity contribution is -0.143. The van der Waals surface area contributed by atoms with Gasteiger partial charge in [0, 0.05) is 12.6 Å². The number of amides is 1. The molecule has 5 heteroatoms. The fourth-order valence-corrected chi connectivity index (χ4v) is 2.19. The summed E-state index contributed by atoms with van der Waals surface area (Å²) < 4.78 is 4.91. The molecule has 1 amide bonds. The summed E-state index contributed by atoms with van der Waals surface area (Å²) in [6.45, 7) is 6.40. The molecule has 0 aromatic heterocycles. The van der Waals surface area contributed by atoms with E-state index in [-0.39, 0.29) is 24.3 Å². The number of nitrogens with zero attached hydrogens (tertiary/aromatic N) is 1. The molecule has 21 heavy (non-hydrogen) atoms. The summed E-state index contributed by atoms with van der Waals surface area (Å²) in [6, 6.07) is 6.98. The Hall–Kier alpha value is -1.55. The summed E-state index contributed by atoms with van der Waals surface area (Å²) in [7, 11) is 0. The molecule has 116 valence electrons. The maximum absolute atomic E-state index is 12.6. The highest BCUT2D eigenvalue weighted by atomic mass is 35.5. The highest BCUT2D eigenvalue weighted by Crippen LogP contribution is 2.19. The van der Waals surface area contributed by atoms with E-state index in [1.165, 1.54) is 0 Å². The highest BCUT2D eigenvalue weighted by Gasteiger charge is 2.23. The van der Waals surface area contributed by atoms with Gasteiger partial charge in [-0.25, -0.2) is 0 Å². The Morgan fingerprint density at radius 1 is 1.29 bits per heavy atom. The fourth-order valence-electron chi connectivity index (χ4n) is 1.98. The predicted molar refractivity (Wildman–Crippen MR) is 83.5 cm³/mol. The third kappa shape index (κ3) is 5.05. The molecule has 0 saturated heterocycles. The van der Waals surface area contributed by atoms with E-state index in [1.54, 1.807) is 36.1 Å². The van der Waals surface area contributed by atoms with Gasteiger partial charge in [-0.15, -0.1) is 0 Å². The minimum absolute atomic E-state index is 0.0307. The summed E-state index contributed by atoms with van der Waals surface area (Å²) >= 11 is 6.08. The fraction of sp³-hybridized carbons (Fsp3) is 0.500. The van der Waals surface area contributed by atoms with E-state index in [0.717, 1.165) is 6.42 Å². The first-order valence-corrected chi connectivity index (χ1v) is 7.60. The molecule has 0 radical (unpaired) electrons. The average molecular weight is 312 g/mol. The summed E-state index contributed by atoms with van der Waals surface area (Å²) in [5, 5.41) is 0.423. The minimum Gasteiger partial charge on any atom is -0.466 e. The third-order valence-corrected chi connectivity index (χ3v) is 3.68. The first kappa shape index (κ1) is 17.5. The van der Waals surface area contributed by atoms with Crippen molar-refractivity contribution < 1.29 is 14.3 Å². The van der Waals surface area contributed by atoms with Gasteiger partial charge in [-0.3, -0.25) is 9.59 Å². The molecule has 1 aromatic carbocycles. The molecule has 0 saturated carbocycles. The zero-order valence-electron chi connectivity index (χ0n) is 12.8. The Morgan fingerprint density at radius 2 is 1.95 bits per heavy atom. The predicted octanol–water partition coefficient (Wildman–Crippen LogP) is 3.53. The van der Waals surface area contributed by atoms with Crippen LogP contribution in [0, 0.1) is 0 Å². The third-order valence-electron chi connectivity index (χ3n) is 3.35. The van der Waals surface area contributed by atoms with Crippen LogP contribution < -0.4 is 0 Å². The highest BCUT2D eigenvalue weighted by molar-refractivity contribution is 6.33. The average Bonchev–Trinajstić information content (AvgIpc) is 2.47. The van der Waals surface area contributed by atoms with Crippen LogP contribution in [-0.4, -0.2) is 36.0 Å². The Kier molecular flexibility index (Phi) is 7.23. The molecule has 0 aliphatic carbocycles. The summed E-state index contributed by atoms with van der Waals surface area (Å²) in [5.41, 5.74) is 0.461. The number of ether oxygens (including phenoxy) is 1. The number of hydrogen-bond donors (Lipinski definition) is 0. The molecular formula is C16H22ClNO3. The van der Waals surface area contributed by atoms with Crippen LogP contribution >= 0.6 is 11.6 Å². The Morgan fingerprint density at radius 3 is 2.52 bits per heavy atom. The van der Waals surface area contributed by atoms with Gasteiger partial charge < -0.3 is 9.64 Å². The van der Waals surface area contributed by atoms with Gasteiger partial charge in [0.25, 0.3) is 5.91 Å². The molecule has 1 aromatic rings. The van der Waals surface area contributed by atoms with Crippen LogP contribution in [-0.2, 0) is 9.53 Å². The number of benzene rings is 1. The monoisotopic (exact) mass is 311 g/mol. The Balaban J connectivity index is 2.85. The van der Waals surface area contributed by atoms with E-state index < -0.39 is 0 Å². The van der Waals surface area contributed by atoms with E-state index in [4.69, 9.17) is 16.3 Å². The first-order chi connectivity index (χ1) is 10.0. The van der Waals surface area contributed by atoms with Crippen molar-refractivity contribution in [2.24, 2.45) is 0 Å². The van der Waals surface area contributed by atoms with E-state index in [2.05, 4.69) is 0 Å². The lowest BCUT2D eigenvalue weighted by atomic mass is 10.1. The molecule has 0 heterocycles. The smallest absolute Gasteiger partial charge is 0.307 e. The van der Waals surface area contributed by atoms with Crippen molar-refractivity contribution in [3.05, 3.63) is 34.9 Å². The Labute approximate surface area is 131 Å². The van der Waals surface area contributed by atoms with Crippen molar-refractivity contribution in [3.8, 4) is 0 Å². The number of esters is 1. The molecule has 0 aliphatic rings. The number of carbonyl (C=O) groups is 2. The van der Waals surface area contributed by atoms with Crippen LogP contribution in [0.1, 0.15) is 44.0 Å². The van der Waals surface area contributed by atoms with Crippen molar-refractivity contribution >= 4 is 23.5 Å². The van der Waals surface area contributed by atoms with Crippen LogP contribution in [0.4, 0.5) is 0 Å². The number of rotatable bonds is 7. The van der Waals surface area contributed by atoms with Crippen LogP contribution in [0.5, 0.6) is 0 Å². The van der Waals surface area contributed by atoms with Crippen LogP contribution in [0.15, 0.2) is 24.3 Å². The van der Waals surface area contributed by atoms with Crippen molar-refractivity contribution in [2.75, 3.05) is 13.2 Å². The van der Waals surface area contributed by atoms with Gasteiger partial charge in [-0.1, -0.05) is 30.7 Å². The number of hydrogen-bond acceptors (Lipinski definition) is 3. The zero-order chi connectivity index (χ0) is 15.8. The molecule has 4 nitrogen and oxygen atoms in total. The van der Waals surface area contributed by atoms with E-state index in [1.807, 2.05) is 13.8 Å². The SMILES string of the molecule is CCOC(=O)CCN(C(=O)c1ccccc1Cl)C(C)CC. The van der Waals surface area contributed by atoms with Gasteiger partial charge >= 0.3 is 5.97 Å². The van der Waals surface area contributed by atoms with Gasteiger partial charge in [0.1, 0.15) is 0 Å². The quantitative estimate of drug-likeness (QED) is 0.724. The largest absolute Gasteiger partial charge is 0.466 e. The van der Waals surface area contributed by atoms with Gasteiger partial charge in [-0.2, -0.15) is 0 Å². The molecule has 1 unspecified atom stereocenters. The maximum atomic E-state index is 12.6. The van der Waals surface area contributed by atoms with Crippen molar-refractivity contribution in [1.82, 2.24) is 4.90 Å². The lowest BCUT2D eigenvalue weighted by Crippen LogP contribution is -2.40. The number of carbonyl (C=O) groups excluding carboxylic acids is 2. The minimum atomic E-state index is -0.294. The number of halogens is 1. The summed E-state index contributed by atoms with van der Waals surface area (Å²) in [4.78, 5) is 25.8. The normalized spacial score (nSPS) is 11.8. The van der Waals surface area contributed by atoms with Crippen molar-refractivity contribution in [2.45, 2.75) is 39.7 Å². The van der Waals surface area contributed by atoms with Crippen LogP contribution in [0.25, 0.3) is 0 Å². The maximum Gasteiger partial charge on any atom is 0.307 e. The molecule has 1 rings (SSSR count). The lowest BCUT2D eigenvalue weighted by Gasteiger charge is -2.28. The standard InChI is InChI=1S/C16H22ClNO3/c1-4-12(3)18(11-10-15(19)21-5-2)16(20)13-8-6-7-9-14(13)17/h6-9,12H,4-5,10-11H2,1-3H3. The van der Waals surface area contributed by atoms with E-state index >= 15 is 0 Å². The molecule has 0 fully saturated rings. The van der Waals surface area contributed by atoms with Gasteiger partial charge in [0.2, 0.25) is 0 Å².